The van der Waals surface area contributed by atoms with Crippen LogP contribution in [-0.2, 0) is 6.42 Å². The zero-order valence-corrected chi connectivity index (χ0v) is 8.91. The fourth-order valence-corrected chi connectivity index (χ4v) is 2.39. The van der Waals surface area contributed by atoms with Crippen LogP contribution in [0.4, 0.5) is 10.1 Å². The fourth-order valence-electron chi connectivity index (χ4n) is 2.39. The molecule has 0 fully saturated rings. The molecule has 0 spiro atoms. The van der Waals surface area contributed by atoms with Gasteiger partial charge in [0.2, 0.25) is 0 Å². The minimum atomic E-state index is -0.172. The Kier molecular flexibility index (Phi) is 2.91. The first-order valence-electron chi connectivity index (χ1n) is 5.42. The molecule has 2 rings (SSSR count). The van der Waals surface area contributed by atoms with Crippen LogP contribution in [0.2, 0.25) is 0 Å². The van der Waals surface area contributed by atoms with Gasteiger partial charge in [-0.1, -0.05) is 0 Å². The molecule has 0 saturated carbocycles. The lowest BCUT2D eigenvalue weighted by molar-refractivity contribution is 0.274. The number of likely N-dealkylation sites (N-methyl/N-ethyl adjacent to an activating group) is 1. The molecule has 1 heterocycles. The third-order valence-corrected chi connectivity index (χ3v) is 3.05. The van der Waals surface area contributed by atoms with Crippen LogP contribution < -0.4 is 4.90 Å². The summed E-state index contributed by atoms with van der Waals surface area (Å²) in [6.45, 7) is 3.18. The highest BCUT2D eigenvalue weighted by Gasteiger charge is 2.27. The number of fused-ring (bicyclic) bond motifs is 1. The van der Waals surface area contributed by atoms with Gasteiger partial charge in [-0.15, -0.1) is 0 Å². The van der Waals surface area contributed by atoms with Gasteiger partial charge in [0, 0.05) is 24.9 Å². The van der Waals surface area contributed by atoms with Gasteiger partial charge in [0.1, 0.15) is 5.82 Å². The second kappa shape index (κ2) is 4.19. The van der Waals surface area contributed by atoms with Gasteiger partial charge in [-0.05, 0) is 43.5 Å². The van der Waals surface area contributed by atoms with E-state index in [0.717, 1.165) is 30.6 Å². The Labute approximate surface area is 89.3 Å². The van der Waals surface area contributed by atoms with E-state index < -0.39 is 0 Å². The van der Waals surface area contributed by atoms with Gasteiger partial charge >= 0.3 is 0 Å². The van der Waals surface area contributed by atoms with Crippen molar-refractivity contribution in [2.75, 3.05) is 18.1 Å². The SMILES string of the molecule is CCN1c2ccc(F)cc2CC1CCO. The number of nitrogens with zero attached hydrogens (tertiary/aromatic N) is 1. The largest absolute Gasteiger partial charge is 0.396 e. The van der Waals surface area contributed by atoms with Crippen LogP contribution in [-0.4, -0.2) is 24.3 Å². The second-order valence-corrected chi connectivity index (χ2v) is 3.93. The Bertz CT molecular complexity index is 353. The summed E-state index contributed by atoms with van der Waals surface area (Å²) in [6, 6.07) is 5.28. The zero-order valence-electron chi connectivity index (χ0n) is 8.91. The summed E-state index contributed by atoms with van der Waals surface area (Å²) < 4.78 is 13.0. The van der Waals surface area contributed by atoms with Crippen molar-refractivity contribution >= 4 is 5.69 Å². The molecule has 82 valence electrons. The summed E-state index contributed by atoms with van der Waals surface area (Å²) in [6.07, 6.45) is 1.60. The lowest BCUT2D eigenvalue weighted by atomic mass is 10.1. The van der Waals surface area contributed by atoms with Crippen molar-refractivity contribution in [2.24, 2.45) is 0 Å². The van der Waals surface area contributed by atoms with Crippen molar-refractivity contribution in [1.29, 1.82) is 0 Å². The van der Waals surface area contributed by atoms with Crippen molar-refractivity contribution in [1.82, 2.24) is 0 Å². The number of hydrogen-bond donors (Lipinski definition) is 1. The number of aliphatic hydroxyl groups is 1. The molecule has 1 N–H and O–H groups in total. The van der Waals surface area contributed by atoms with E-state index in [0.29, 0.717) is 6.04 Å². The molecule has 3 heteroatoms. The highest BCUT2D eigenvalue weighted by molar-refractivity contribution is 5.59. The van der Waals surface area contributed by atoms with Crippen LogP contribution in [0.3, 0.4) is 0 Å². The zero-order chi connectivity index (χ0) is 10.8. The van der Waals surface area contributed by atoms with Crippen LogP contribution >= 0.6 is 0 Å². The van der Waals surface area contributed by atoms with E-state index in [1.54, 1.807) is 6.07 Å². The van der Waals surface area contributed by atoms with E-state index in [9.17, 15) is 4.39 Å². The Morgan fingerprint density at radius 1 is 1.53 bits per heavy atom. The molecule has 0 aromatic heterocycles. The van der Waals surface area contributed by atoms with E-state index in [-0.39, 0.29) is 12.4 Å². The smallest absolute Gasteiger partial charge is 0.123 e. The first-order valence-corrected chi connectivity index (χ1v) is 5.42. The third kappa shape index (κ3) is 1.84. The average Bonchev–Trinajstić information content (AvgIpc) is 2.54. The Morgan fingerprint density at radius 2 is 2.33 bits per heavy atom. The number of benzene rings is 1. The van der Waals surface area contributed by atoms with Crippen molar-refractivity contribution in [3.8, 4) is 0 Å². The van der Waals surface area contributed by atoms with Crippen molar-refractivity contribution in [3.63, 3.8) is 0 Å². The Hall–Kier alpha value is -1.09. The molecule has 15 heavy (non-hydrogen) atoms. The molecular formula is C12H16FNO. The first kappa shape index (κ1) is 10.4. The Morgan fingerprint density at radius 3 is 3.00 bits per heavy atom. The third-order valence-electron chi connectivity index (χ3n) is 3.05. The van der Waals surface area contributed by atoms with Gasteiger partial charge in [-0.3, -0.25) is 0 Å². The van der Waals surface area contributed by atoms with Crippen LogP contribution in [0.25, 0.3) is 0 Å². The van der Waals surface area contributed by atoms with Crippen LogP contribution in [0, 0.1) is 5.82 Å². The molecule has 0 radical (unpaired) electrons. The number of rotatable bonds is 3. The molecule has 0 saturated heterocycles. The van der Waals surface area contributed by atoms with Gasteiger partial charge in [0.15, 0.2) is 0 Å². The summed E-state index contributed by atoms with van der Waals surface area (Å²) in [7, 11) is 0. The van der Waals surface area contributed by atoms with E-state index in [1.807, 2.05) is 6.07 Å². The maximum absolute atomic E-state index is 13.0. The van der Waals surface area contributed by atoms with Crippen LogP contribution in [0.1, 0.15) is 18.9 Å². The maximum Gasteiger partial charge on any atom is 0.123 e. The van der Waals surface area contributed by atoms with Gasteiger partial charge in [-0.2, -0.15) is 0 Å². The lowest BCUT2D eigenvalue weighted by Gasteiger charge is -2.25. The molecule has 1 unspecified atom stereocenters. The molecule has 1 aliphatic rings. The number of hydrogen-bond acceptors (Lipinski definition) is 2. The minimum absolute atomic E-state index is 0.172. The first-order chi connectivity index (χ1) is 7.26. The molecule has 1 atom stereocenters. The van der Waals surface area contributed by atoms with E-state index in [2.05, 4.69) is 11.8 Å². The lowest BCUT2D eigenvalue weighted by Crippen LogP contribution is -2.32. The normalized spacial score (nSPS) is 19.4. The summed E-state index contributed by atoms with van der Waals surface area (Å²) >= 11 is 0. The van der Waals surface area contributed by atoms with Crippen LogP contribution in [0.15, 0.2) is 18.2 Å². The molecule has 2 nitrogen and oxygen atoms in total. The Balaban J connectivity index is 2.28. The maximum atomic E-state index is 13.0. The topological polar surface area (TPSA) is 23.5 Å². The standard InChI is InChI=1S/C12H16FNO/c1-2-14-11(5-6-15)8-9-7-10(13)3-4-12(9)14/h3-4,7,11,15H,2,5-6,8H2,1H3. The van der Waals surface area contributed by atoms with Crippen molar-refractivity contribution in [3.05, 3.63) is 29.6 Å². The van der Waals surface area contributed by atoms with Crippen LogP contribution in [0.5, 0.6) is 0 Å². The quantitative estimate of drug-likeness (QED) is 0.822. The molecule has 0 amide bonds. The van der Waals surface area contributed by atoms with Gasteiger partial charge in [0.05, 0.1) is 0 Å². The summed E-state index contributed by atoms with van der Waals surface area (Å²) in [5, 5.41) is 8.97. The highest BCUT2D eigenvalue weighted by Crippen LogP contribution is 2.33. The van der Waals surface area contributed by atoms with Gasteiger partial charge in [0.25, 0.3) is 0 Å². The van der Waals surface area contributed by atoms with Gasteiger partial charge < -0.3 is 10.0 Å². The van der Waals surface area contributed by atoms with Crippen molar-refractivity contribution in [2.45, 2.75) is 25.8 Å². The van der Waals surface area contributed by atoms with E-state index in [4.69, 9.17) is 5.11 Å². The second-order valence-electron chi connectivity index (χ2n) is 3.93. The number of aliphatic hydroxyl groups excluding tert-OH is 1. The molecule has 0 bridgehead atoms. The molecular weight excluding hydrogens is 193 g/mol. The monoisotopic (exact) mass is 209 g/mol. The van der Waals surface area contributed by atoms with E-state index >= 15 is 0 Å². The summed E-state index contributed by atoms with van der Waals surface area (Å²) in [5.41, 5.74) is 2.19. The number of halogens is 1. The molecule has 0 aliphatic carbocycles. The molecule has 1 aliphatic heterocycles. The summed E-state index contributed by atoms with van der Waals surface area (Å²) in [5.74, 6) is -0.172. The fraction of sp³-hybridized carbons (Fsp3) is 0.500. The average molecular weight is 209 g/mol. The minimum Gasteiger partial charge on any atom is -0.396 e. The summed E-state index contributed by atoms with van der Waals surface area (Å²) in [4.78, 5) is 2.24. The van der Waals surface area contributed by atoms with Crippen molar-refractivity contribution < 1.29 is 9.50 Å². The number of anilines is 1. The highest BCUT2D eigenvalue weighted by atomic mass is 19.1. The molecule has 1 aromatic carbocycles. The van der Waals surface area contributed by atoms with E-state index in [1.165, 1.54) is 6.07 Å². The van der Waals surface area contributed by atoms with Gasteiger partial charge in [-0.25, -0.2) is 4.39 Å². The predicted molar refractivity (Wildman–Crippen MR) is 58.6 cm³/mol. The predicted octanol–water partition coefficient (Wildman–Crippen LogP) is 1.96. The molecule has 1 aromatic rings.